The zero-order chi connectivity index (χ0) is 17.5. The van der Waals surface area contributed by atoms with Crippen molar-refractivity contribution in [1.82, 2.24) is 15.5 Å². The molecule has 1 unspecified atom stereocenters. The molecule has 2 amide bonds. The fourth-order valence-corrected chi connectivity index (χ4v) is 3.65. The molecule has 0 bridgehead atoms. The minimum absolute atomic E-state index is 0.0506. The highest BCUT2D eigenvalue weighted by Crippen LogP contribution is 2.31. The molecule has 0 saturated heterocycles. The fraction of sp³-hybridized carbons (Fsp3) is 0.412. The van der Waals surface area contributed by atoms with Gasteiger partial charge in [0.2, 0.25) is 11.8 Å². The van der Waals surface area contributed by atoms with Crippen LogP contribution in [0.4, 0.5) is 5.69 Å². The number of hydrogen-bond acceptors (Lipinski definition) is 5. The summed E-state index contributed by atoms with van der Waals surface area (Å²) in [5.41, 5.74) is 8.75. The van der Waals surface area contributed by atoms with Gasteiger partial charge in [-0.25, -0.2) is 0 Å². The SMILES string of the molecule is CC(=O)NCCN1C(CCc2ccc(N)cc2)=CSC1NC(C)=O. The molecular weight excluding hydrogens is 324 g/mol. The summed E-state index contributed by atoms with van der Waals surface area (Å²) in [6, 6.07) is 7.87. The van der Waals surface area contributed by atoms with Crippen molar-refractivity contribution in [2.45, 2.75) is 32.2 Å². The van der Waals surface area contributed by atoms with Crippen LogP contribution in [0.25, 0.3) is 0 Å². The molecule has 0 radical (unpaired) electrons. The van der Waals surface area contributed by atoms with Gasteiger partial charge in [-0.05, 0) is 35.9 Å². The predicted molar refractivity (Wildman–Crippen MR) is 97.8 cm³/mol. The minimum atomic E-state index is -0.113. The molecule has 1 aromatic carbocycles. The molecule has 0 saturated carbocycles. The maximum atomic E-state index is 11.4. The van der Waals surface area contributed by atoms with Crippen molar-refractivity contribution in [3.05, 3.63) is 40.9 Å². The van der Waals surface area contributed by atoms with Crippen molar-refractivity contribution in [3.63, 3.8) is 0 Å². The van der Waals surface area contributed by atoms with Crippen LogP contribution in [0.3, 0.4) is 0 Å². The molecular formula is C17H24N4O2S. The Kier molecular flexibility index (Phi) is 6.54. The number of carbonyl (C=O) groups excluding carboxylic acids is 2. The van der Waals surface area contributed by atoms with Gasteiger partial charge in [0.25, 0.3) is 0 Å². The number of nitrogen functional groups attached to an aromatic ring is 1. The lowest BCUT2D eigenvalue weighted by atomic mass is 10.1. The van der Waals surface area contributed by atoms with Crippen molar-refractivity contribution in [1.29, 1.82) is 0 Å². The maximum absolute atomic E-state index is 11.4. The van der Waals surface area contributed by atoms with E-state index in [1.165, 1.54) is 25.1 Å². The monoisotopic (exact) mass is 348 g/mol. The van der Waals surface area contributed by atoms with Gasteiger partial charge < -0.3 is 21.3 Å². The van der Waals surface area contributed by atoms with Gasteiger partial charge in [-0.2, -0.15) is 0 Å². The highest BCUT2D eigenvalue weighted by molar-refractivity contribution is 8.02. The second kappa shape index (κ2) is 8.63. The van der Waals surface area contributed by atoms with Crippen LogP contribution in [-0.2, 0) is 16.0 Å². The third-order valence-corrected chi connectivity index (χ3v) is 4.73. The van der Waals surface area contributed by atoms with Gasteiger partial charge >= 0.3 is 0 Å². The van der Waals surface area contributed by atoms with Crippen LogP contribution in [0.1, 0.15) is 25.8 Å². The minimum Gasteiger partial charge on any atom is -0.399 e. The standard InChI is InChI=1S/C17H24N4O2S/c1-12(22)19-9-10-21-16(11-24-17(21)20-13(2)23)8-5-14-3-6-15(18)7-4-14/h3-4,6-7,11,17H,5,8-10,18H2,1-2H3,(H,19,22)(H,20,23). The van der Waals surface area contributed by atoms with Crippen molar-refractivity contribution in [2.75, 3.05) is 18.8 Å². The van der Waals surface area contributed by atoms with E-state index in [0.717, 1.165) is 18.5 Å². The van der Waals surface area contributed by atoms with E-state index in [1.807, 2.05) is 24.3 Å². The molecule has 1 aliphatic rings. The Hall–Kier alpha value is -2.15. The molecule has 130 valence electrons. The Bertz CT molecular complexity index is 616. The van der Waals surface area contributed by atoms with E-state index in [-0.39, 0.29) is 17.3 Å². The van der Waals surface area contributed by atoms with Crippen LogP contribution < -0.4 is 16.4 Å². The Balaban J connectivity index is 1.95. The van der Waals surface area contributed by atoms with Gasteiger partial charge in [0, 0.05) is 38.3 Å². The number of aryl methyl sites for hydroxylation is 1. The summed E-state index contributed by atoms with van der Waals surface area (Å²) in [7, 11) is 0. The maximum Gasteiger partial charge on any atom is 0.219 e. The van der Waals surface area contributed by atoms with E-state index in [9.17, 15) is 9.59 Å². The second-order valence-electron chi connectivity index (χ2n) is 5.72. The van der Waals surface area contributed by atoms with Gasteiger partial charge in [-0.1, -0.05) is 23.9 Å². The predicted octanol–water partition coefficient (Wildman–Crippen LogP) is 1.65. The first-order valence-electron chi connectivity index (χ1n) is 7.93. The number of hydrogen-bond donors (Lipinski definition) is 3. The highest BCUT2D eigenvalue weighted by atomic mass is 32.2. The number of benzene rings is 1. The van der Waals surface area contributed by atoms with E-state index in [2.05, 4.69) is 20.9 Å². The van der Waals surface area contributed by atoms with Gasteiger partial charge in [0.1, 0.15) is 0 Å². The Morgan fingerprint density at radius 2 is 1.88 bits per heavy atom. The molecule has 0 aromatic heterocycles. The molecule has 2 rings (SSSR count). The largest absolute Gasteiger partial charge is 0.399 e. The van der Waals surface area contributed by atoms with E-state index >= 15 is 0 Å². The first kappa shape index (κ1) is 18.2. The van der Waals surface area contributed by atoms with Crippen LogP contribution in [0, 0.1) is 0 Å². The number of nitrogens with one attached hydrogen (secondary N) is 2. The van der Waals surface area contributed by atoms with E-state index < -0.39 is 0 Å². The lowest BCUT2D eigenvalue weighted by Crippen LogP contribution is -2.45. The molecule has 7 heteroatoms. The number of allylic oxidation sites excluding steroid dienone is 1. The lowest BCUT2D eigenvalue weighted by molar-refractivity contribution is -0.120. The van der Waals surface area contributed by atoms with Crippen LogP contribution >= 0.6 is 11.8 Å². The number of carbonyl (C=O) groups is 2. The van der Waals surface area contributed by atoms with E-state index in [0.29, 0.717) is 13.1 Å². The first-order valence-corrected chi connectivity index (χ1v) is 8.87. The van der Waals surface area contributed by atoms with Gasteiger partial charge in [-0.15, -0.1) is 0 Å². The van der Waals surface area contributed by atoms with Crippen LogP contribution in [-0.4, -0.2) is 35.3 Å². The fourth-order valence-electron chi connectivity index (χ4n) is 2.49. The molecule has 0 spiro atoms. The quantitative estimate of drug-likeness (QED) is 0.652. The molecule has 4 N–H and O–H groups in total. The van der Waals surface area contributed by atoms with E-state index in [4.69, 9.17) is 5.73 Å². The molecule has 24 heavy (non-hydrogen) atoms. The third kappa shape index (κ3) is 5.49. The van der Waals surface area contributed by atoms with Crippen LogP contribution in [0.15, 0.2) is 35.4 Å². The Labute approximate surface area is 146 Å². The van der Waals surface area contributed by atoms with Gasteiger partial charge in [0.15, 0.2) is 5.50 Å². The molecule has 0 aliphatic carbocycles. The lowest BCUT2D eigenvalue weighted by Gasteiger charge is -2.29. The van der Waals surface area contributed by atoms with E-state index in [1.54, 1.807) is 11.8 Å². The summed E-state index contributed by atoms with van der Waals surface area (Å²) < 4.78 is 0. The number of nitrogens with two attached hydrogens (primary N) is 1. The van der Waals surface area contributed by atoms with Crippen molar-refractivity contribution >= 4 is 29.3 Å². The van der Waals surface area contributed by atoms with Crippen molar-refractivity contribution < 1.29 is 9.59 Å². The van der Waals surface area contributed by atoms with Crippen molar-refractivity contribution in [2.24, 2.45) is 0 Å². The summed E-state index contributed by atoms with van der Waals surface area (Å²) >= 11 is 1.58. The normalized spacial score (nSPS) is 16.7. The highest BCUT2D eigenvalue weighted by Gasteiger charge is 2.26. The second-order valence-corrected chi connectivity index (χ2v) is 6.67. The van der Waals surface area contributed by atoms with Crippen LogP contribution in [0.2, 0.25) is 0 Å². The summed E-state index contributed by atoms with van der Waals surface area (Å²) in [6.45, 7) is 4.22. The zero-order valence-electron chi connectivity index (χ0n) is 14.0. The number of nitrogens with zero attached hydrogens (tertiary/aromatic N) is 1. The average Bonchev–Trinajstić information content (AvgIpc) is 2.88. The molecule has 1 heterocycles. The van der Waals surface area contributed by atoms with Crippen LogP contribution in [0.5, 0.6) is 0 Å². The summed E-state index contributed by atoms with van der Waals surface area (Å²) in [6.07, 6.45) is 1.77. The molecule has 1 aliphatic heterocycles. The summed E-state index contributed by atoms with van der Waals surface area (Å²) in [5, 5.41) is 7.83. The average molecular weight is 348 g/mol. The molecule has 1 aromatic rings. The summed E-state index contributed by atoms with van der Waals surface area (Å²) in [4.78, 5) is 24.6. The van der Waals surface area contributed by atoms with Gasteiger partial charge in [0.05, 0.1) is 0 Å². The molecule has 1 atom stereocenters. The Morgan fingerprint density at radius 3 is 2.50 bits per heavy atom. The molecule has 6 nitrogen and oxygen atoms in total. The number of amides is 2. The number of thioether (sulfide) groups is 1. The first-order chi connectivity index (χ1) is 11.5. The smallest absolute Gasteiger partial charge is 0.219 e. The summed E-state index contributed by atoms with van der Waals surface area (Å²) in [5.74, 6) is -0.115. The Morgan fingerprint density at radius 1 is 1.17 bits per heavy atom. The van der Waals surface area contributed by atoms with Crippen molar-refractivity contribution in [3.8, 4) is 0 Å². The third-order valence-electron chi connectivity index (χ3n) is 3.69. The van der Waals surface area contributed by atoms with Gasteiger partial charge in [-0.3, -0.25) is 9.59 Å². The molecule has 0 fully saturated rings. The zero-order valence-corrected chi connectivity index (χ0v) is 14.9. The number of anilines is 1. The topological polar surface area (TPSA) is 87.5 Å². The number of rotatable bonds is 7.